The summed E-state index contributed by atoms with van der Waals surface area (Å²) in [6, 6.07) is 7.60. The molecule has 0 unspecified atom stereocenters. The lowest BCUT2D eigenvalue weighted by Crippen LogP contribution is -2.34. The van der Waals surface area contributed by atoms with Crippen LogP contribution in [0.25, 0.3) is 10.2 Å². The molecule has 0 aliphatic heterocycles. The monoisotopic (exact) mass is 418 g/mol. The van der Waals surface area contributed by atoms with Crippen molar-refractivity contribution in [1.82, 2.24) is 19.8 Å². The van der Waals surface area contributed by atoms with Crippen LogP contribution in [0.15, 0.2) is 35.4 Å². The molecule has 1 aromatic carbocycles. The Balaban J connectivity index is 1.85. The molecule has 0 radical (unpaired) electrons. The van der Waals surface area contributed by atoms with Gasteiger partial charge in [0.2, 0.25) is 0 Å². The van der Waals surface area contributed by atoms with Crippen LogP contribution in [0.4, 0.5) is 0 Å². The van der Waals surface area contributed by atoms with Crippen LogP contribution in [0.3, 0.4) is 0 Å². The van der Waals surface area contributed by atoms with Gasteiger partial charge in [-0.15, -0.1) is 11.3 Å². The molecule has 148 valence electrons. The molecule has 0 spiro atoms. The van der Waals surface area contributed by atoms with E-state index in [9.17, 15) is 9.59 Å². The number of nitrogens with one attached hydrogen (secondary N) is 1. The third-order valence-corrected chi connectivity index (χ3v) is 6.21. The molecule has 2 aromatic heterocycles. The van der Waals surface area contributed by atoms with E-state index in [4.69, 9.17) is 11.6 Å². The Morgan fingerprint density at radius 3 is 2.79 bits per heavy atom. The maximum absolute atomic E-state index is 12.8. The van der Waals surface area contributed by atoms with Gasteiger partial charge in [0.1, 0.15) is 4.83 Å². The second-order valence-corrected chi connectivity index (χ2v) is 8.25. The first-order chi connectivity index (χ1) is 13.3. The predicted octanol–water partition coefficient (Wildman–Crippen LogP) is 3.47. The molecular weight excluding hydrogens is 396 g/mol. The number of carbonyl (C=O) groups excluding carboxylic acids is 1. The molecule has 0 saturated heterocycles. The van der Waals surface area contributed by atoms with Crippen LogP contribution >= 0.6 is 22.9 Å². The van der Waals surface area contributed by atoms with Gasteiger partial charge in [-0.3, -0.25) is 14.2 Å². The number of thiophene rings is 1. The molecule has 0 saturated carbocycles. The number of nitrogens with zero attached hydrogens (tertiary/aromatic N) is 3. The summed E-state index contributed by atoms with van der Waals surface area (Å²) in [5, 5.41) is 4.19. The average molecular weight is 419 g/mol. The number of rotatable bonds is 6. The number of amides is 1. The lowest BCUT2D eigenvalue weighted by Gasteiger charge is -2.25. The fourth-order valence-corrected chi connectivity index (χ4v) is 4.44. The van der Waals surface area contributed by atoms with Crippen molar-refractivity contribution in [2.45, 2.75) is 26.4 Å². The first kappa shape index (κ1) is 20.5. The van der Waals surface area contributed by atoms with E-state index in [0.29, 0.717) is 38.8 Å². The summed E-state index contributed by atoms with van der Waals surface area (Å²) in [4.78, 5) is 32.9. The van der Waals surface area contributed by atoms with Crippen molar-refractivity contribution in [1.29, 1.82) is 0 Å². The van der Waals surface area contributed by atoms with Gasteiger partial charge in [-0.25, -0.2) is 4.98 Å². The van der Waals surface area contributed by atoms with E-state index < -0.39 is 0 Å². The average Bonchev–Trinajstić information content (AvgIpc) is 2.99. The van der Waals surface area contributed by atoms with Gasteiger partial charge in [0, 0.05) is 18.1 Å². The highest BCUT2D eigenvalue weighted by molar-refractivity contribution is 7.20. The lowest BCUT2D eigenvalue weighted by atomic mass is 10.1. The Bertz CT molecular complexity index is 1070. The number of hydrogen-bond donors (Lipinski definition) is 1. The minimum absolute atomic E-state index is 0.0206. The number of halogens is 1. The number of hydrogen-bond acceptors (Lipinski definition) is 5. The van der Waals surface area contributed by atoms with Crippen LogP contribution in [0.2, 0.25) is 5.02 Å². The van der Waals surface area contributed by atoms with Crippen molar-refractivity contribution >= 4 is 39.1 Å². The molecule has 6 nitrogen and oxygen atoms in total. The Labute approximate surface area is 172 Å². The van der Waals surface area contributed by atoms with Gasteiger partial charge in [0.15, 0.2) is 0 Å². The zero-order chi connectivity index (χ0) is 20.4. The molecule has 3 aromatic rings. The third-order valence-electron chi connectivity index (χ3n) is 4.78. The molecule has 3 rings (SSSR count). The van der Waals surface area contributed by atoms with Crippen molar-refractivity contribution in [3.63, 3.8) is 0 Å². The summed E-state index contributed by atoms with van der Waals surface area (Å²) in [6.07, 6.45) is 1.53. The van der Waals surface area contributed by atoms with Crippen LogP contribution in [0.5, 0.6) is 0 Å². The van der Waals surface area contributed by atoms with Gasteiger partial charge in [-0.2, -0.15) is 0 Å². The van der Waals surface area contributed by atoms with Crippen molar-refractivity contribution in [2.24, 2.45) is 0 Å². The largest absolute Gasteiger partial charge is 0.349 e. The molecule has 8 heteroatoms. The number of aryl methyl sites for hydroxylation is 2. The van der Waals surface area contributed by atoms with Crippen LogP contribution in [0.1, 0.15) is 33.8 Å². The number of likely N-dealkylation sites (N-methyl/N-ethyl adjacent to an activating group) is 1. The van der Waals surface area contributed by atoms with Gasteiger partial charge >= 0.3 is 0 Å². The highest BCUT2D eigenvalue weighted by Gasteiger charge is 2.21. The quantitative estimate of drug-likeness (QED) is 0.665. The number of benzene rings is 1. The van der Waals surface area contributed by atoms with Crippen molar-refractivity contribution in [2.75, 3.05) is 20.6 Å². The Hall–Kier alpha value is -2.22. The minimum atomic E-state index is -0.197. The molecular formula is C20H23ClN4O2S. The SMILES string of the molecule is CCn1cnc2sc(C(=O)NC[C@@H](c3cccc(Cl)c3)N(C)C)c(C)c2c1=O. The van der Waals surface area contributed by atoms with Crippen molar-refractivity contribution in [3.8, 4) is 0 Å². The van der Waals surface area contributed by atoms with E-state index in [1.807, 2.05) is 50.2 Å². The van der Waals surface area contributed by atoms with Crippen molar-refractivity contribution in [3.05, 3.63) is 62.0 Å². The van der Waals surface area contributed by atoms with E-state index in [0.717, 1.165) is 5.56 Å². The molecule has 2 heterocycles. The second-order valence-electron chi connectivity index (χ2n) is 6.82. The van der Waals surface area contributed by atoms with Gasteiger partial charge in [0.05, 0.1) is 22.6 Å². The minimum Gasteiger partial charge on any atom is -0.349 e. The molecule has 0 fully saturated rings. The summed E-state index contributed by atoms with van der Waals surface area (Å²) < 4.78 is 1.55. The fraction of sp³-hybridized carbons (Fsp3) is 0.350. The van der Waals surface area contributed by atoms with E-state index in [2.05, 4.69) is 10.3 Å². The van der Waals surface area contributed by atoms with E-state index in [1.54, 1.807) is 11.5 Å². The maximum Gasteiger partial charge on any atom is 0.262 e. The maximum atomic E-state index is 12.8. The molecule has 28 heavy (non-hydrogen) atoms. The molecule has 1 atom stereocenters. The van der Waals surface area contributed by atoms with Crippen LogP contribution in [-0.4, -0.2) is 41.0 Å². The Kier molecular flexibility index (Phi) is 6.17. The number of carbonyl (C=O) groups is 1. The normalized spacial score (nSPS) is 12.5. The van der Waals surface area contributed by atoms with Crippen LogP contribution < -0.4 is 10.9 Å². The van der Waals surface area contributed by atoms with E-state index in [1.165, 1.54) is 17.7 Å². The smallest absolute Gasteiger partial charge is 0.262 e. The van der Waals surface area contributed by atoms with Crippen LogP contribution in [0, 0.1) is 6.92 Å². The van der Waals surface area contributed by atoms with Crippen LogP contribution in [-0.2, 0) is 6.54 Å². The number of fused-ring (bicyclic) bond motifs is 1. The highest BCUT2D eigenvalue weighted by atomic mass is 35.5. The van der Waals surface area contributed by atoms with E-state index in [-0.39, 0.29) is 17.5 Å². The third kappa shape index (κ3) is 3.97. The first-order valence-electron chi connectivity index (χ1n) is 9.02. The topological polar surface area (TPSA) is 67.2 Å². The first-order valence-corrected chi connectivity index (χ1v) is 10.2. The zero-order valence-electron chi connectivity index (χ0n) is 16.3. The molecule has 0 bridgehead atoms. The number of aromatic nitrogens is 2. The summed E-state index contributed by atoms with van der Waals surface area (Å²) >= 11 is 7.37. The summed E-state index contributed by atoms with van der Waals surface area (Å²) in [5.74, 6) is -0.197. The van der Waals surface area contributed by atoms with Gasteiger partial charge in [-0.05, 0) is 51.2 Å². The zero-order valence-corrected chi connectivity index (χ0v) is 17.9. The summed E-state index contributed by atoms with van der Waals surface area (Å²) in [6.45, 7) is 4.66. The van der Waals surface area contributed by atoms with Gasteiger partial charge < -0.3 is 10.2 Å². The highest BCUT2D eigenvalue weighted by Crippen LogP contribution is 2.27. The molecule has 0 aliphatic rings. The summed E-state index contributed by atoms with van der Waals surface area (Å²) in [7, 11) is 3.92. The second kappa shape index (κ2) is 8.43. The predicted molar refractivity (Wildman–Crippen MR) is 115 cm³/mol. The lowest BCUT2D eigenvalue weighted by molar-refractivity contribution is 0.0945. The summed E-state index contributed by atoms with van der Waals surface area (Å²) in [5.41, 5.74) is 1.60. The standard InChI is InChI=1S/C20H23ClN4O2S/c1-5-25-11-23-19-16(20(25)27)12(2)17(28-19)18(26)22-10-15(24(3)4)13-7-6-8-14(21)9-13/h6-9,11,15H,5,10H2,1-4H3,(H,22,26)/t15-/m0/s1. The molecule has 0 aliphatic carbocycles. The van der Waals surface area contributed by atoms with Crippen molar-refractivity contribution < 1.29 is 4.79 Å². The van der Waals surface area contributed by atoms with E-state index >= 15 is 0 Å². The fourth-order valence-electron chi connectivity index (χ4n) is 3.18. The Morgan fingerprint density at radius 1 is 1.39 bits per heavy atom. The van der Waals surface area contributed by atoms with Gasteiger partial charge in [-0.1, -0.05) is 23.7 Å². The molecule has 1 N–H and O–H groups in total. The molecule has 1 amide bonds. The van der Waals surface area contributed by atoms with Gasteiger partial charge in [0.25, 0.3) is 11.5 Å². The Morgan fingerprint density at radius 2 is 2.14 bits per heavy atom.